The first-order chi connectivity index (χ1) is 7.04. The van der Waals surface area contributed by atoms with Gasteiger partial charge < -0.3 is 5.11 Å². The summed E-state index contributed by atoms with van der Waals surface area (Å²) in [6.07, 6.45) is 0.588. The highest BCUT2D eigenvalue weighted by Gasteiger charge is 2.06. The highest BCUT2D eigenvalue weighted by atomic mass is 16.4. The summed E-state index contributed by atoms with van der Waals surface area (Å²) in [6, 6.07) is 5.81. The van der Waals surface area contributed by atoms with Crippen LogP contribution in [0.4, 0.5) is 0 Å². The summed E-state index contributed by atoms with van der Waals surface area (Å²) in [5, 5.41) is 17.4. The number of rotatable bonds is 3. The molecule has 0 heterocycles. The second kappa shape index (κ2) is 4.61. The topological polar surface area (TPSA) is 61.1 Å². The lowest BCUT2D eigenvalue weighted by Crippen LogP contribution is -2.00. The van der Waals surface area contributed by atoms with Gasteiger partial charge in [-0.25, -0.2) is 0 Å². The smallest absolute Gasteiger partial charge is 0.303 e. The predicted octanol–water partition coefficient (Wildman–Crippen LogP) is 2.19. The largest absolute Gasteiger partial charge is 0.481 e. The van der Waals surface area contributed by atoms with Gasteiger partial charge >= 0.3 is 5.97 Å². The summed E-state index contributed by atoms with van der Waals surface area (Å²) in [7, 11) is 0. The Bertz CT molecular complexity index is 430. The van der Waals surface area contributed by atoms with Gasteiger partial charge in [0.05, 0.1) is 11.6 Å². The molecule has 0 unspecified atom stereocenters. The molecular formula is C12H13NO2. The van der Waals surface area contributed by atoms with Gasteiger partial charge in [-0.3, -0.25) is 4.79 Å². The van der Waals surface area contributed by atoms with Gasteiger partial charge in [-0.2, -0.15) is 5.26 Å². The van der Waals surface area contributed by atoms with E-state index in [1.165, 1.54) is 0 Å². The van der Waals surface area contributed by atoms with E-state index in [-0.39, 0.29) is 6.42 Å². The van der Waals surface area contributed by atoms with Crippen molar-refractivity contribution in [1.82, 2.24) is 0 Å². The third-order valence-corrected chi connectivity index (χ3v) is 2.41. The van der Waals surface area contributed by atoms with Crippen molar-refractivity contribution in [2.75, 3.05) is 0 Å². The van der Waals surface area contributed by atoms with Crippen LogP contribution in [0.5, 0.6) is 0 Å². The summed E-state index contributed by atoms with van der Waals surface area (Å²) in [6.45, 7) is 3.82. The molecule has 0 fully saturated rings. The second-order valence-corrected chi connectivity index (χ2v) is 3.60. The first-order valence-corrected chi connectivity index (χ1v) is 4.76. The van der Waals surface area contributed by atoms with E-state index >= 15 is 0 Å². The average molecular weight is 203 g/mol. The van der Waals surface area contributed by atoms with E-state index in [4.69, 9.17) is 10.4 Å². The second-order valence-electron chi connectivity index (χ2n) is 3.60. The number of aliphatic carboxylic acids is 1. The highest BCUT2D eigenvalue weighted by Crippen LogP contribution is 2.16. The third-order valence-electron chi connectivity index (χ3n) is 2.41. The molecule has 0 atom stereocenters. The summed E-state index contributed by atoms with van der Waals surface area (Å²) < 4.78 is 0. The number of carboxylic acid groups (broad SMARTS) is 1. The molecule has 0 saturated carbocycles. The van der Waals surface area contributed by atoms with Gasteiger partial charge in [-0.1, -0.05) is 6.07 Å². The lowest BCUT2D eigenvalue weighted by molar-refractivity contribution is -0.136. The molecule has 0 saturated heterocycles. The summed E-state index contributed by atoms with van der Waals surface area (Å²) >= 11 is 0. The van der Waals surface area contributed by atoms with Crippen LogP contribution in [0.1, 0.15) is 28.7 Å². The number of carbonyl (C=O) groups is 1. The van der Waals surface area contributed by atoms with E-state index in [1.807, 2.05) is 19.9 Å². The summed E-state index contributed by atoms with van der Waals surface area (Å²) in [5.74, 6) is -0.812. The first kappa shape index (κ1) is 11.3. The highest BCUT2D eigenvalue weighted by molar-refractivity contribution is 5.67. The molecule has 0 aromatic heterocycles. The summed E-state index contributed by atoms with van der Waals surface area (Å²) in [4.78, 5) is 10.4. The van der Waals surface area contributed by atoms with Crippen molar-refractivity contribution in [1.29, 1.82) is 5.26 Å². The number of hydrogen-bond acceptors (Lipinski definition) is 2. The molecule has 3 heteroatoms. The van der Waals surface area contributed by atoms with Gasteiger partial charge in [0, 0.05) is 6.42 Å². The molecule has 0 spiro atoms. The summed E-state index contributed by atoms with van der Waals surface area (Å²) in [5.41, 5.74) is 3.56. The minimum Gasteiger partial charge on any atom is -0.481 e. The molecule has 1 aromatic rings. The van der Waals surface area contributed by atoms with Crippen molar-refractivity contribution in [2.24, 2.45) is 0 Å². The monoisotopic (exact) mass is 203 g/mol. The van der Waals surface area contributed by atoms with Gasteiger partial charge in [-0.15, -0.1) is 0 Å². The third kappa shape index (κ3) is 2.81. The number of aryl methyl sites for hydroxylation is 3. The van der Waals surface area contributed by atoms with Gasteiger partial charge in [0.1, 0.15) is 0 Å². The molecule has 0 amide bonds. The molecule has 1 N–H and O–H groups in total. The van der Waals surface area contributed by atoms with Crippen LogP contribution in [0.3, 0.4) is 0 Å². The van der Waals surface area contributed by atoms with Crippen LogP contribution in [0, 0.1) is 25.2 Å². The Kier molecular flexibility index (Phi) is 3.46. The van der Waals surface area contributed by atoms with Crippen LogP contribution in [-0.2, 0) is 11.2 Å². The van der Waals surface area contributed by atoms with E-state index in [2.05, 4.69) is 6.07 Å². The van der Waals surface area contributed by atoms with Crippen molar-refractivity contribution in [3.05, 3.63) is 34.4 Å². The zero-order chi connectivity index (χ0) is 11.4. The minimum absolute atomic E-state index is 0.106. The van der Waals surface area contributed by atoms with Crippen molar-refractivity contribution in [3.63, 3.8) is 0 Å². The number of nitriles is 1. The van der Waals surface area contributed by atoms with Crippen molar-refractivity contribution in [2.45, 2.75) is 26.7 Å². The fourth-order valence-electron chi connectivity index (χ4n) is 1.53. The lowest BCUT2D eigenvalue weighted by Gasteiger charge is -2.07. The van der Waals surface area contributed by atoms with Gasteiger partial charge in [0.25, 0.3) is 0 Å². The minimum atomic E-state index is -0.812. The van der Waals surface area contributed by atoms with Crippen molar-refractivity contribution in [3.8, 4) is 6.07 Å². The predicted molar refractivity (Wildman–Crippen MR) is 56.6 cm³/mol. The Labute approximate surface area is 89.0 Å². The first-order valence-electron chi connectivity index (χ1n) is 4.76. The Morgan fingerprint density at radius 2 is 2.07 bits per heavy atom. The Morgan fingerprint density at radius 1 is 1.40 bits per heavy atom. The Hall–Kier alpha value is -1.82. The molecule has 1 rings (SSSR count). The van der Waals surface area contributed by atoms with Gasteiger partial charge in [-0.05, 0) is 43.0 Å². The van der Waals surface area contributed by atoms with Gasteiger partial charge in [0.2, 0.25) is 0 Å². The molecule has 15 heavy (non-hydrogen) atoms. The number of benzene rings is 1. The SMILES string of the molecule is Cc1cc(C)c(CCC(=O)O)cc1C#N. The van der Waals surface area contributed by atoms with E-state index in [0.29, 0.717) is 12.0 Å². The lowest BCUT2D eigenvalue weighted by atomic mass is 9.97. The van der Waals surface area contributed by atoms with E-state index in [0.717, 1.165) is 16.7 Å². The van der Waals surface area contributed by atoms with E-state index in [1.54, 1.807) is 6.07 Å². The molecule has 3 nitrogen and oxygen atoms in total. The van der Waals surface area contributed by atoms with Crippen LogP contribution >= 0.6 is 0 Å². The fraction of sp³-hybridized carbons (Fsp3) is 0.333. The standard InChI is InChI=1S/C12H13NO2/c1-8-5-9(2)11(7-13)6-10(8)3-4-12(14)15/h5-6H,3-4H2,1-2H3,(H,14,15). The molecule has 0 aliphatic carbocycles. The van der Waals surface area contributed by atoms with Crippen LogP contribution in [0.2, 0.25) is 0 Å². The molecule has 0 aliphatic rings. The quantitative estimate of drug-likeness (QED) is 0.819. The maximum absolute atomic E-state index is 10.4. The Morgan fingerprint density at radius 3 is 2.60 bits per heavy atom. The zero-order valence-electron chi connectivity index (χ0n) is 8.87. The van der Waals surface area contributed by atoms with Crippen LogP contribution in [-0.4, -0.2) is 11.1 Å². The molecule has 78 valence electrons. The van der Waals surface area contributed by atoms with Crippen LogP contribution < -0.4 is 0 Å². The molecule has 1 aromatic carbocycles. The number of nitrogens with zero attached hydrogens (tertiary/aromatic N) is 1. The van der Waals surface area contributed by atoms with E-state index in [9.17, 15) is 4.79 Å². The number of hydrogen-bond donors (Lipinski definition) is 1. The number of carboxylic acids is 1. The Balaban J connectivity index is 2.98. The van der Waals surface area contributed by atoms with Crippen LogP contribution in [0.15, 0.2) is 12.1 Å². The molecular weight excluding hydrogens is 190 g/mol. The van der Waals surface area contributed by atoms with Crippen LogP contribution in [0.25, 0.3) is 0 Å². The van der Waals surface area contributed by atoms with Gasteiger partial charge in [0.15, 0.2) is 0 Å². The average Bonchev–Trinajstić information content (AvgIpc) is 2.16. The fourth-order valence-corrected chi connectivity index (χ4v) is 1.53. The zero-order valence-corrected chi connectivity index (χ0v) is 8.87. The molecule has 0 radical (unpaired) electrons. The molecule has 0 bridgehead atoms. The maximum Gasteiger partial charge on any atom is 0.303 e. The van der Waals surface area contributed by atoms with E-state index < -0.39 is 5.97 Å². The maximum atomic E-state index is 10.4. The van der Waals surface area contributed by atoms with Crippen molar-refractivity contribution < 1.29 is 9.90 Å². The normalized spacial score (nSPS) is 9.67. The molecule has 0 aliphatic heterocycles. The van der Waals surface area contributed by atoms with Crippen molar-refractivity contribution >= 4 is 5.97 Å².